The quantitative estimate of drug-likeness (QED) is 0.752. The first kappa shape index (κ1) is 19.4. The van der Waals surface area contributed by atoms with E-state index in [1.54, 1.807) is 30.0 Å². The largest absolute Gasteiger partial charge is 0.461 e. The lowest BCUT2D eigenvalue weighted by molar-refractivity contribution is -0.127. The fourth-order valence-corrected chi connectivity index (χ4v) is 3.57. The molecule has 2 aliphatic rings. The predicted molar refractivity (Wildman–Crippen MR) is 107 cm³/mol. The average molecular weight is 398 g/mol. The number of amides is 2. The van der Waals surface area contributed by atoms with Gasteiger partial charge in [-0.1, -0.05) is 12.1 Å². The maximum atomic E-state index is 12.4. The van der Waals surface area contributed by atoms with Gasteiger partial charge in [-0.3, -0.25) is 14.5 Å². The van der Waals surface area contributed by atoms with Crippen molar-refractivity contribution in [3.63, 3.8) is 0 Å². The molecule has 0 radical (unpaired) electrons. The van der Waals surface area contributed by atoms with Gasteiger partial charge >= 0.3 is 0 Å². The average Bonchev–Trinajstić information content (AvgIpc) is 3.06. The van der Waals surface area contributed by atoms with E-state index >= 15 is 0 Å². The molecule has 1 saturated carbocycles. The van der Waals surface area contributed by atoms with Gasteiger partial charge in [-0.2, -0.15) is 0 Å². The first-order valence-corrected chi connectivity index (χ1v) is 10.00. The van der Waals surface area contributed by atoms with Crippen LogP contribution in [0.15, 0.2) is 33.2 Å². The van der Waals surface area contributed by atoms with Crippen LogP contribution in [-0.4, -0.2) is 59.5 Å². The maximum absolute atomic E-state index is 12.4. The van der Waals surface area contributed by atoms with Crippen LogP contribution in [0.5, 0.6) is 0 Å². The Labute approximate surface area is 169 Å². The van der Waals surface area contributed by atoms with Crippen LogP contribution in [0.1, 0.15) is 36.5 Å². The molecule has 8 nitrogen and oxygen atoms in total. The van der Waals surface area contributed by atoms with Crippen LogP contribution < -0.4 is 5.32 Å². The summed E-state index contributed by atoms with van der Waals surface area (Å²) in [6.07, 6.45) is 4.48. The summed E-state index contributed by atoms with van der Waals surface area (Å²) in [5.74, 6) is 3.84. The molecular formula is C21H26N4O4. The Morgan fingerprint density at radius 2 is 2.03 bits per heavy atom. The summed E-state index contributed by atoms with van der Waals surface area (Å²) < 4.78 is 10.7. The summed E-state index contributed by atoms with van der Waals surface area (Å²) in [4.78, 5) is 28.3. The summed E-state index contributed by atoms with van der Waals surface area (Å²) in [5.41, 5.74) is 0. The van der Waals surface area contributed by atoms with Crippen molar-refractivity contribution in [2.24, 2.45) is 5.92 Å². The molecule has 4 rings (SSSR count). The lowest BCUT2D eigenvalue weighted by atomic mass is 10.2. The minimum atomic E-state index is -0.142. The third-order valence-electron chi connectivity index (χ3n) is 5.46. The Morgan fingerprint density at radius 3 is 2.69 bits per heavy atom. The van der Waals surface area contributed by atoms with E-state index < -0.39 is 0 Å². The van der Waals surface area contributed by atoms with Crippen LogP contribution in [0.25, 0.3) is 6.08 Å². The number of hydrogen-bond acceptors (Lipinski definition) is 6. The fraction of sp³-hybridized carbons (Fsp3) is 0.476. The van der Waals surface area contributed by atoms with Crippen LogP contribution in [0.2, 0.25) is 0 Å². The predicted octanol–water partition coefficient (Wildman–Crippen LogP) is 2.50. The molecular weight excluding hydrogens is 372 g/mol. The molecule has 29 heavy (non-hydrogen) atoms. The third-order valence-corrected chi connectivity index (χ3v) is 5.46. The normalized spacial score (nSPS) is 22.2. The zero-order valence-electron chi connectivity index (χ0n) is 16.8. The van der Waals surface area contributed by atoms with Gasteiger partial charge in [0.15, 0.2) is 5.82 Å². The molecule has 1 saturated heterocycles. The van der Waals surface area contributed by atoms with Crippen molar-refractivity contribution in [3.05, 3.63) is 41.6 Å². The molecule has 0 aromatic carbocycles. The van der Waals surface area contributed by atoms with E-state index in [1.807, 2.05) is 17.0 Å². The number of hydrogen-bond donors (Lipinski definition) is 1. The van der Waals surface area contributed by atoms with Crippen molar-refractivity contribution in [1.82, 2.24) is 15.0 Å². The molecule has 2 atom stereocenters. The minimum Gasteiger partial charge on any atom is -0.461 e. The summed E-state index contributed by atoms with van der Waals surface area (Å²) in [5, 5.41) is 6.47. The van der Waals surface area contributed by atoms with Crippen LogP contribution in [-0.2, 0) is 9.59 Å². The zero-order chi connectivity index (χ0) is 20.4. The van der Waals surface area contributed by atoms with Gasteiger partial charge in [0, 0.05) is 44.2 Å². The van der Waals surface area contributed by atoms with E-state index in [1.165, 1.54) is 6.42 Å². The molecule has 0 bridgehead atoms. The van der Waals surface area contributed by atoms with E-state index in [2.05, 4.69) is 17.4 Å². The molecule has 2 amide bonds. The van der Waals surface area contributed by atoms with Crippen LogP contribution in [0.3, 0.4) is 0 Å². The first-order chi connectivity index (χ1) is 14.0. The monoisotopic (exact) mass is 398 g/mol. The number of anilines is 1. The SMILES string of the molecule is Cc1cc(NC(=O)CN2CCN(C(=O)/C=C/c3ccc(C4CC4C)o3)CC2)no1. The molecule has 2 fully saturated rings. The van der Waals surface area contributed by atoms with Gasteiger partial charge in [0.25, 0.3) is 0 Å². The number of aryl methyl sites for hydroxylation is 1. The highest BCUT2D eigenvalue weighted by Crippen LogP contribution is 2.47. The molecule has 1 N–H and O–H groups in total. The van der Waals surface area contributed by atoms with Crippen molar-refractivity contribution in [2.75, 3.05) is 38.0 Å². The second-order valence-electron chi connectivity index (χ2n) is 7.87. The van der Waals surface area contributed by atoms with Crippen molar-refractivity contribution >= 4 is 23.7 Å². The van der Waals surface area contributed by atoms with Gasteiger partial charge in [0.2, 0.25) is 11.8 Å². The maximum Gasteiger partial charge on any atom is 0.246 e. The van der Waals surface area contributed by atoms with E-state index in [0.717, 1.165) is 5.76 Å². The van der Waals surface area contributed by atoms with Crippen LogP contribution in [0.4, 0.5) is 5.82 Å². The van der Waals surface area contributed by atoms with Crippen molar-refractivity contribution in [3.8, 4) is 0 Å². The number of nitrogens with zero attached hydrogens (tertiary/aromatic N) is 3. The van der Waals surface area contributed by atoms with Crippen LogP contribution in [0, 0.1) is 12.8 Å². The van der Waals surface area contributed by atoms with E-state index in [0.29, 0.717) is 55.4 Å². The smallest absolute Gasteiger partial charge is 0.246 e. The van der Waals surface area contributed by atoms with Gasteiger partial charge in [-0.15, -0.1) is 0 Å². The summed E-state index contributed by atoms with van der Waals surface area (Å²) >= 11 is 0. The van der Waals surface area contributed by atoms with E-state index in [9.17, 15) is 9.59 Å². The molecule has 1 aliphatic carbocycles. The Morgan fingerprint density at radius 1 is 1.28 bits per heavy atom. The molecule has 2 aromatic rings. The molecule has 2 unspecified atom stereocenters. The number of nitrogens with one attached hydrogen (secondary N) is 1. The lowest BCUT2D eigenvalue weighted by Crippen LogP contribution is -2.50. The van der Waals surface area contributed by atoms with Gasteiger partial charge in [0.05, 0.1) is 6.54 Å². The molecule has 1 aliphatic heterocycles. The topological polar surface area (TPSA) is 91.8 Å². The van der Waals surface area contributed by atoms with Crippen molar-refractivity contribution in [1.29, 1.82) is 0 Å². The van der Waals surface area contributed by atoms with E-state index in [-0.39, 0.29) is 18.4 Å². The Hall–Kier alpha value is -2.87. The molecule has 8 heteroatoms. The number of aromatic nitrogens is 1. The zero-order valence-corrected chi connectivity index (χ0v) is 16.8. The van der Waals surface area contributed by atoms with Gasteiger partial charge < -0.3 is 19.2 Å². The number of rotatable bonds is 6. The fourth-order valence-electron chi connectivity index (χ4n) is 3.57. The Balaban J connectivity index is 1.21. The summed E-state index contributed by atoms with van der Waals surface area (Å²) in [7, 11) is 0. The summed E-state index contributed by atoms with van der Waals surface area (Å²) in [6.45, 7) is 6.71. The molecule has 0 spiro atoms. The van der Waals surface area contributed by atoms with Gasteiger partial charge in [-0.25, -0.2) is 0 Å². The van der Waals surface area contributed by atoms with Gasteiger partial charge in [-0.05, 0) is 37.5 Å². The highest BCUT2D eigenvalue weighted by atomic mass is 16.5. The number of furan rings is 1. The number of carbonyl (C=O) groups excluding carboxylic acids is 2. The lowest BCUT2D eigenvalue weighted by Gasteiger charge is -2.33. The van der Waals surface area contributed by atoms with Crippen molar-refractivity contribution < 1.29 is 18.5 Å². The Bertz CT molecular complexity index is 907. The molecule has 2 aromatic heterocycles. The third kappa shape index (κ3) is 4.95. The minimum absolute atomic E-state index is 0.0371. The Kier molecular flexibility index (Phi) is 5.53. The standard InChI is InChI=1S/C21H26N4O4/c1-14-11-17(14)18-5-3-16(28-18)4-6-21(27)25-9-7-24(8-10-25)13-20(26)22-19-12-15(2)29-23-19/h3-6,12,14,17H,7-11,13H2,1-2H3,(H,22,23,26)/b6-4+. The van der Waals surface area contributed by atoms with Crippen molar-refractivity contribution in [2.45, 2.75) is 26.2 Å². The number of carbonyl (C=O) groups is 2. The number of piperazine rings is 1. The second-order valence-corrected chi connectivity index (χ2v) is 7.87. The molecule has 154 valence electrons. The van der Waals surface area contributed by atoms with E-state index in [4.69, 9.17) is 8.94 Å². The highest BCUT2D eigenvalue weighted by Gasteiger charge is 2.36. The van der Waals surface area contributed by atoms with Crippen LogP contribution >= 0.6 is 0 Å². The van der Waals surface area contributed by atoms with Gasteiger partial charge in [0.1, 0.15) is 17.3 Å². The second kappa shape index (κ2) is 8.24. The molecule has 3 heterocycles. The summed E-state index contributed by atoms with van der Waals surface area (Å²) in [6, 6.07) is 5.59. The highest BCUT2D eigenvalue weighted by molar-refractivity contribution is 5.92. The first-order valence-electron chi connectivity index (χ1n) is 10.00.